The van der Waals surface area contributed by atoms with Crippen LogP contribution in [0.3, 0.4) is 0 Å². The Morgan fingerprint density at radius 1 is 1.26 bits per heavy atom. The lowest BCUT2D eigenvalue weighted by Crippen LogP contribution is -2.44. The summed E-state index contributed by atoms with van der Waals surface area (Å²) in [5.41, 5.74) is 1.68. The molecular weight excluding hydrogens is 316 g/mol. The Morgan fingerprint density at radius 2 is 1.96 bits per heavy atom. The van der Waals surface area contributed by atoms with Crippen LogP contribution < -0.4 is 0 Å². The molecule has 23 heavy (non-hydrogen) atoms. The van der Waals surface area contributed by atoms with E-state index in [0.29, 0.717) is 16.8 Å². The van der Waals surface area contributed by atoms with Crippen molar-refractivity contribution in [3.63, 3.8) is 0 Å². The van der Waals surface area contributed by atoms with E-state index in [1.165, 1.54) is 11.3 Å². The van der Waals surface area contributed by atoms with Crippen LogP contribution in [0.15, 0.2) is 29.6 Å². The molecular formula is C16H12N2O4S. The minimum atomic E-state index is -1.24. The molecule has 0 radical (unpaired) electrons. The van der Waals surface area contributed by atoms with Crippen LogP contribution in [0, 0.1) is 6.92 Å². The maximum atomic E-state index is 12.6. The average molecular weight is 328 g/mol. The number of hydrogen-bond donors (Lipinski definition) is 1. The summed E-state index contributed by atoms with van der Waals surface area (Å²) >= 11 is 1.45. The van der Waals surface area contributed by atoms with Crippen LogP contribution in [0.1, 0.15) is 26.6 Å². The van der Waals surface area contributed by atoms with Gasteiger partial charge in [-0.1, -0.05) is 18.2 Å². The third-order valence-corrected chi connectivity index (χ3v) is 4.18. The van der Waals surface area contributed by atoms with Crippen LogP contribution in [0.4, 0.5) is 0 Å². The molecule has 116 valence electrons. The van der Waals surface area contributed by atoms with Crippen molar-refractivity contribution in [2.45, 2.75) is 6.92 Å². The minimum Gasteiger partial charge on any atom is -0.480 e. The molecule has 2 heterocycles. The number of benzene rings is 1. The van der Waals surface area contributed by atoms with Crippen LogP contribution in [0.5, 0.6) is 0 Å². The van der Waals surface area contributed by atoms with E-state index in [9.17, 15) is 14.4 Å². The van der Waals surface area contributed by atoms with Crippen molar-refractivity contribution >= 4 is 40.8 Å². The number of carboxylic acids is 1. The van der Waals surface area contributed by atoms with Gasteiger partial charge in [-0.2, -0.15) is 0 Å². The maximum Gasteiger partial charge on any atom is 0.323 e. The van der Waals surface area contributed by atoms with E-state index in [2.05, 4.69) is 4.98 Å². The third kappa shape index (κ3) is 2.78. The first-order valence-electron chi connectivity index (χ1n) is 6.78. The van der Waals surface area contributed by atoms with Gasteiger partial charge in [-0.05, 0) is 19.1 Å². The number of amides is 2. The lowest BCUT2D eigenvalue weighted by Gasteiger charge is -2.27. The molecule has 1 N–H and O–H groups in total. The highest BCUT2D eigenvalue weighted by Crippen LogP contribution is 2.30. The van der Waals surface area contributed by atoms with Crippen LogP contribution in [0.2, 0.25) is 0 Å². The van der Waals surface area contributed by atoms with Gasteiger partial charge >= 0.3 is 5.97 Å². The Balaban J connectivity index is 2.15. The van der Waals surface area contributed by atoms with Crippen LogP contribution in [-0.2, 0) is 9.59 Å². The summed E-state index contributed by atoms with van der Waals surface area (Å²) in [5, 5.41) is 11.6. The monoisotopic (exact) mass is 328 g/mol. The van der Waals surface area contributed by atoms with E-state index in [-0.39, 0.29) is 5.57 Å². The number of aromatic nitrogens is 1. The zero-order chi connectivity index (χ0) is 16.6. The number of rotatable bonds is 3. The molecule has 1 aromatic carbocycles. The first kappa shape index (κ1) is 15.1. The van der Waals surface area contributed by atoms with Gasteiger partial charge in [-0.15, -0.1) is 11.3 Å². The van der Waals surface area contributed by atoms with E-state index in [1.54, 1.807) is 35.7 Å². The van der Waals surface area contributed by atoms with Crippen LogP contribution >= 0.6 is 11.3 Å². The molecule has 0 atom stereocenters. The van der Waals surface area contributed by atoms with Crippen LogP contribution in [-0.4, -0.2) is 39.3 Å². The number of hydrogen-bond acceptors (Lipinski definition) is 5. The number of carbonyl (C=O) groups excluding carboxylic acids is 2. The van der Waals surface area contributed by atoms with Crippen LogP contribution in [0.25, 0.3) is 11.6 Å². The number of thiazole rings is 1. The van der Waals surface area contributed by atoms with E-state index in [4.69, 9.17) is 5.11 Å². The largest absolute Gasteiger partial charge is 0.480 e. The zero-order valence-electron chi connectivity index (χ0n) is 12.1. The Labute approximate surface area is 135 Å². The van der Waals surface area contributed by atoms with Crippen molar-refractivity contribution < 1.29 is 19.5 Å². The first-order chi connectivity index (χ1) is 11.0. The number of aryl methyl sites for hydroxylation is 1. The molecule has 2 aromatic rings. The van der Waals surface area contributed by atoms with Gasteiger partial charge in [-0.25, -0.2) is 4.98 Å². The molecule has 2 amide bonds. The highest BCUT2D eigenvalue weighted by atomic mass is 32.1. The maximum absolute atomic E-state index is 12.6. The van der Waals surface area contributed by atoms with E-state index in [0.717, 1.165) is 9.91 Å². The van der Waals surface area contributed by atoms with Crippen molar-refractivity contribution in [3.05, 3.63) is 51.5 Å². The van der Waals surface area contributed by atoms with Gasteiger partial charge in [0.2, 0.25) is 0 Å². The fourth-order valence-electron chi connectivity index (χ4n) is 2.42. The second-order valence-electron chi connectivity index (χ2n) is 4.99. The lowest BCUT2D eigenvalue weighted by molar-refractivity contribution is -0.141. The predicted molar refractivity (Wildman–Crippen MR) is 84.8 cm³/mol. The number of nitrogens with zero attached hydrogens (tertiary/aromatic N) is 2. The Morgan fingerprint density at radius 3 is 2.57 bits per heavy atom. The molecule has 0 spiro atoms. The summed E-state index contributed by atoms with van der Waals surface area (Å²) in [4.78, 5) is 41.0. The van der Waals surface area contributed by atoms with Gasteiger partial charge in [-0.3, -0.25) is 19.3 Å². The predicted octanol–water partition coefficient (Wildman–Crippen LogP) is 2.06. The summed E-state index contributed by atoms with van der Waals surface area (Å²) in [6, 6.07) is 6.66. The van der Waals surface area contributed by atoms with Gasteiger partial charge in [0.05, 0.1) is 16.3 Å². The molecule has 7 heteroatoms. The van der Waals surface area contributed by atoms with E-state index in [1.807, 2.05) is 6.92 Å². The fourth-order valence-corrected chi connectivity index (χ4v) is 2.99. The molecule has 0 saturated carbocycles. The van der Waals surface area contributed by atoms with Crippen molar-refractivity contribution in [1.29, 1.82) is 0 Å². The van der Waals surface area contributed by atoms with Crippen molar-refractivity contribution in [2.75, 3.05) is 6.54 Å². The molecule has 1 aliphatic heterocycles. The number of fused-ring (bicyclic) bond motifs is 1. The second-order valence-corrected chi connectivity index (χ2v) is 6.05. The highest BCUT2D eigenvalue weighted by molar-refractivity contribution is 7.09. The molecule has 0 fully saturated rings. The number of carbonyl (C=O) groups is 3. The summed E-state index contributed by atoms with van der Waals surface area (Å²) in [6.07, 6.45) is 1.59. The summed E-state index contributed by atoms with van der Waals surface area (Å²) in [6.45, 7) is 1.18. The van der Waals surface area contributed by atoms with Gasteiger partial charge in [0.25, 0.3) is 11.8 Å². The summed E-state index contributed by atoms with van der Waals surface area (Å²) in [5.74, 6) is -2.46. The fraction of sp³-hybridized carbons (Fsp3) is 0.125. The number of imide groups is 1. The smallest absolute Gasteiger partial charge is 0.323 e. The van der Waals surface area contributed by atoms with Crippen molar-refractivity contribution in [2.24, 2.45) is 0 Å². The summed E-state index contributed by atoms with van der Waals surface area (Å²) in [7, 11) is 0. The molecule has 0 saturated heterocycles. The molecule has 1 aromatic heterocycles. The highest BCUT2D eigenvalue weighted by Gasteiger charge is 2.35. The van der Waals surface area contributed by atoms with Gasteiger partial charge in [0.15, 0.2) is 0 Å². The standard InChI is InChI=1S/C16H12N2O4S/c1-9-17-10(8-23-9)6-13-11-4-2-3-5-12(11)15(21)18(16(13)22)7-14(19)20/h2-6,8H,7H2,1H3,(H,19,20)/b13-6-. The molecule has 0 aliphatic carbocycles. The topological polar surface area (TPSA) is 87.6 Å². The SMILES string of the molecule is Cc1nc(/C=C2\C(=O)N(CC(=O)O)C(=O)c3ccccc32)cs1. The molecule has 0 bridgehead atoms. The first-order valence-corrected chi connectivity index (χ1v) is 7.66. The second kappa shape index (κ2) is 5.77. The minimum absolute atomic E-state index is 0.270. The van der Waals surface area contributed by atoms with Crippen molar-refractivity contribution in [1.82, 2.24) is 9.88 Å². The van der Waals surface area contributed by atoms with Gasteiger partial charge in [0, 0.05) is 16.5 Å². The van der Waals surface area contributed by atoms with Gasteiger partial charge < -0.3 is 5.11 Å². The zero-order valence-corrected chi connectivity index (χ0v) is 13.0. The van der Waals surface area contributed by atoms with E-state index >= 15 is 0 Å². The number of carboxylic acid groups (broad SMARTS) is 1. The van der Waals surface area contributed by atoms with E-state index < -0.39 is 24.3 Å². The Kier molecular flexibility index (Phi) is 3.79. The molecule has 0 unspecified atom stereocenters. The quantitative estimate of drug-likeness (QED) is 0.688. The van der Waals surface area contributed by atoms with Gasteiger partial charge in [0.1, 0.15) is 6.54 Å². The molecule has 1 aliphatic rings. The average Bonchev–Trinajstić information content (AvgIpc) is 2.93. The lowest BCUT2D eigenvalue weighted by atomic mass is 9.93. The Bertz CT molecular complexity index is 853. The molecule has 6 nitrogen and oxygen atoms in total. The Hall–Kier alpha value is -2.80. The third-order valence-electron chi connectivity index (χ3n) is 3.39. The normalized spacial score (nSPS) is 15.9. The molecule has 3 rings (SSSR count). The summed E-state index contributed by atoms with van der Waals surface area (Å²) < 4.78 is 0. The van der Waals surface area contributed by atoms with Crippen molar-refractivity contribution in [3.8, 4) is 0 Å². The number of aliphatic carboxylic acids is 1.